The number of carbonyl (C=O) groups is 2. The first-order valence-electron chi connectivity index (χ1n) is 10.6. The van der Waals surface area contributed by atoms with E-state index in [2.05, 4.69) is 18.8 Å². The van der Waals surface area contributed by atoms with E-state index >= 15 is 0 Å². The third kappa shape index (κ3) is 4.67. The van der Waals surface area contributed by atoms with Crippen molar-refractivity contribution >= 4 is 23.4 Å². The maximum Gasteiger partial charge on any atom is 0.410 e. The SMILES string of the molecule is CN1C(=O)C(N)N=C(C2CCC(C)(C)CCN2C(=O)OC(C)(C)C)c2ccccc21. The summed E-state index contributed by atoms with van der Waals surface area (Å²) in [5.41, 5.74) is 7.91. The average molecular weight is 415 g/mol. The molecule has 1 aromatic rings. The van der Waals surface area contributed by atoms with Crippen molar-refractivity contribution in [2.45, 2.75) is 71.7 Å². The predicted octanol–water partition coefficient (Wildman–Crippen LogP) is 3.55. The van der Waals surface area contributed by atoms with Gasteiger partial charge < -0.3 is 15.4 Å². The maximum atomic E-state index is 13.2. The molecule has 2 heterocycles. The average Bonchev–Trinajstić information content (AvgIpc) is 2.86. The van der Waals surface area contributed by atoms with E-state index in [4.69, 9.17) is 10.5 Å². The molecule has 30 heavy (non-hydrogen) atoms. The highest BCUT2D eigenvalue weighted by Gasteiger charge is 2.39. The molecular weight excluding hydrogens is 380 g/mol. The number of benzene rings is 1. The van der Waals surface area contributed by atoms with Crippen LogP contribution in [0.1, 0.15) is 59.4 Å². The molecule has 3 rings (SSSR count). The lowest BCUT2D eigenvalue weighted by atomic mass is 9.84. The van der Waals surface area contributed by atoms with Gasteiger partial charge in [-0.05, 0) is 51.5 Å². The molecule has 2 atom stereocenters. The van der Waals surface area contributed by atoms with Crippen molar-refractivity contribution in [2.75, 3.05) is 18.5 Å². The number of benzodiazepines with no additional fused rings is 1. The Kier molecular flexibility index (Phi) is 5.96. The van der Waals surface area contributed by atoms with Crippen LogP contribution in [0, 0.1) is 5.41 Å². The number of hydrogen-bond acceptors (Lipinski definition) is 5. The zero-order chi connectivity index (χ0) is 22.3. The number of ether oxygens (including phenoxy) is 1. The van der Waals surface area contributed by atoms with Crippen LogP contribution in [0.15, 0.2) is 29.3 Å². The fourth-order valence-electron chi connectivity index (χ4n) is 4.05. The van der Waals surface area contributed by atoms with E-state index in [1.54, 1.807) is 16.8 Å². The van der Waals surface area contributed by atoms with Crippen LogP contribution in [-0.4, -0.2) is 54.0 Å². The molecule has 1 saturated heterocycles. The van der Waals surface area contributed by atoms with E-state index in [1.165, 1.54) is 0 Å². The maximum absolute atomic E-state index is 13.2. The molecule has 1 fully saturated rings. The van der Waals surface area contributed by atoms with Crippen molar-refractivity contribution in [1.29, 1.82) is 0 Å². The van der Waals surface area contributed by atoms with Gasteiger partial charge in [0.1, 0.15) is 5.60 Å². The molecule has 2 unspecified atom stereocenters. The molecular formula is C23H34N4O3. The van der Waals surface area contributed by atoms with Gasteiger partial charge >= 0.3 is 6.09 Å². The Morgan fingerprint density at radius 3 is 2.57 bits per heavy atom. The van der Waals surface area contributed by atoms with E-state index in [1.807, 2.05) is 45.0 Å². The van der Waals surface area contributed by atoms with E-state index in [9.17, 15) is 9.59 Å². The fourth-order valence-corrected chi connectivity index (χ4v) is 4.05. The molecule has 0 aromatic heterocycles. The number of amides is 2. The lowest BCUT2D eigenvalue weighted by Gasteiger charge is -2.33. The third-order valence-corrected chi connectivity index (χ3v) is 5.85. The van der Waals surface area contributed by atoms with Crippen molar-refractivity contribution in [3.8, 4) is 0 Å². The standard InChI is InChI=1S/C23H34N4O3/c1-22(2,3)30-21(29)27-14-13-23(4,5)12-11-17(27)18-15-9-7-8-10-16(15)26(6)20(28)19(24)25-18/h7-10,17,19H,11-14,24H2,1-6H3. The molecule has 7 nitrogen and oxygen atoms in total. The van der Waals surface area contributed by atoms with Crippen LogP contribution in [0.25, 0.3) is 0 Å². The Hall–Kier alpha value is -2.41. The number of hydrogen-bond donors (Lipinski definition) is 1. The number of para-hydroxylation sites is 1. The van der Waals surface area contributed by atoms with Gasteiger partial charge in [-0.25, -0.2) is 4.79 Å². The lowest BCUT2D eigenvalue weighted by molar-refractivity contribution is -0.119. The second-order valence-corrected chi connectivity index (χ2v) is 10.0. The van der Waals surface area contributed by atoms with Crippen molar-refractivity contribution in [2.24, 2.45) is 16.1 Å². The topological polar surface area (TPSA) is 88.2 Å². The number of fused-ring (bicyclic) bond motifs is 1. The van der Waals surface area contributed by atoms with E-state index < -0.39 is 11.8 Å². The van der Waals surface area contributed by atoms with Gasteiger partial charge in [0.15, 0.2) is 6.17 Å². The van der Waals surface area contributed by atoms with Gasteiger partial charge in [-0.3, -0.25) is 14.7 Å². The highest BCUT2D eigenvalue weighted by atomic mass is 16.6. The fraction of sp³-hybridized carbons (Fsp3) is 0.609. The van der Waals surface area contributed by atoms with Crippen molar-refractivity contribution in [1.82, 2.24) is 4.90 Å². The molecule has 0 spiro atoms. The summed E-state index contributed by atoms with van der Waals surface area (Å²) in [7, 11) is 1.71. The highest BCUT2D eigenvalue weighted by molar-refractivity contribution is 6.15. The molecule has 0 aliphatic carbocycles. The zero-order valence-electron chi connectivity index (χ0n) is 18.9. The van der Waals surface area contributed by atoms with Crippen LogP contribution in [-0.2, 0) is 9.53 Å². The minimum Gasteiger partial charge on any atom is -0.444 e. The normalized spacial score (nSPS) is 24.5. The van der Waals surface area contributed by atoms with Crippen LogP contribution >= 0.6 is 0 Å². The molecule has 7 heteroatoms. The molecule has 164 valence electrons. The Labute approximate surface area is 179 Å². The van der Waals surface area contributed by atoms with Crippen LogP contribution in [0.3, 0.4) is 0 Å². The number of likely N-dealkylation sites (N-methyl/N-ethyl adjacent to an activating group) is 1. The predicted molar refractivity (Wildman–Crippen MR) is 119 cm³/mol. The number of nitrogens with zero attached hydrogens (tertiary/aromatic N) is 3. The van der Waals surface area contributed by atoms with Crippen molar-refractivity contribution in [3.05, 3.63) is 29.8 Å². The van der Waals surface area contributed by atoms with Gasteiger partial charge in [0.25, 0.3) is 5.91 Å². The Bertz CT molecular complexity index is 856. The lowest BCUT2D eigenvalue weighted by Crippen LogP contribution is -2.47. The summed E-state index contributed by atoms with van der Waals surface area (Å²) >= 11 is 0. The largest absolute Gasteiger partial charge is 0.444 e. The molecule has 2 N–H and O–H groups in total. The second kappa shape index (κ2) is 8.02. The van der Waals surface area contributed by atoms with Gasteiger partial charge in [0.05, 0.1) is 17.4 Å². The summed E-state index contributed by atoms with van der Waals surface area (Å²) in [5, 5.41) is 0. The van der Waals surface area contributed by atoms with Crippen LogP contribution in [0.2, 0.25) is 0 Å². The Balaban J connectivity index is 2.10. The van der Waals surface area contributed by atoms with Crippen LogP contribution < -0.4 is 10.6 Å². The van der Waals surface area contributed by atoms with Gasteiger partial charge in [-0.15, -0.1) is 0 Å². The monoisotopic (exact) mass is 414 g/mol. The number of likely N-dealkylation sites (tertiary alicyclic amines) is 1. The summed E-state index contributed by atoms with van der Waals surface area (Å²) < 4.78 is 5.73. The van der Waals surface area contributed by atoms with Gasteiger partial charge in [0, 0.05) is 19.2 Å². The minimum atomic E-state index is -1.01. The smallest absolute Gasteiger partial charge is 0.410 e. The number of rotatable bonds is 1. The highest BCUT2D eigenvalue weighted by Crippen LogP contribution is 2.36. The summed E-state index contributed by atoms with van der Waals surface area (Å²) in [6, 6.07) is 7.33. The number of anilines is 1. The summed E-state index contributed by atoms with van der Waals surface area (Å²) in [4.78, 5) is 33.8. The van der Waals surface area contributed by atoms with E-state index in [-0.39, 0.29) is 23.5 Å². The number of carbonyl (C=O) groups excluding carboxylic acids is 2. The van der Waals surface area contributed by atoms with Crippen LogP contribution in [0.4, 0.5) is 10.5 Å². The molecule has 0 bridgehead atoms. The first-order valence-corrected chi connectivity index (χ1v) is 10.6. The third-order valence-electron chi connectivity index (χ3n) is 5.85. The molecule has 1 aromatic carbocycles. The molecule has 2 amide bonds. The van der Waals surface area contributed by atoms with Gasteiger partial charge in [-0.1, -0.05) is 32.0 Å². The minimum absolute atomic E-state index is 0.0918. The summed E-state index contributed by atoms with van der Waals surface area (Å²) in [6.07, 6.45) is 1.15. The van der Waals surface area contributed by atoms with E-state index in [0.717, 1.165) is 30.5 Å². The van der Waals surface area contributed by atoms with Crippen LogP contribution in [0.5, 0.6) is 0 Å². The number of nitrogens with two attached hydrogens (primary N) is 1. The van der Waals surface area contributed by atoms with E-state index in [0.29, 0.717) is 12.3 Å². The molecule has 0 saturated carbocycles. The molecule has 0 radical (unpaired) electrons. The zero-order valence-corrected chi connectivity index (χ0v) is 18.9. The first-order chi connectivity index (χ1) is 13.9. The molecule has 2 aliphatic rings. The van der Waals surface area contributed by atoms with Crippen molar-refractivity contribution in [3.63, 3.8) is 0 Å². The van der Waals surface area contributed by atoms with Gasteiger partial charge in [0.2, 0.25) is 0 Å². The summed E-state index contributed by atoms with van der Waals surface area (Å²) in [6.45, 7) is 10.6. The van der Waals surface area contributed by atoms with Gasteiger partial charge in [-0.2, -0.15) is 0 Å². The Morgan fingerprint density at radius 1 is 1.23 bits per heavy atom. The second-order valence-electron chi connectivity index (χ2n) is 10.0. The Morgan fingerprint density at radius 2 is 1.90 bits per heavy atom. The quantitative estimate of drug-likeness (QED) is 0.761. The summed E-state index contributed by atoms with van der Waals surface area (Å²) in [5.74, 6) is -0.268. The molecule has 2 aliphatic heterocycles. The first kappa shape index (κ1) is 22.3. The van der Waals surface area contributed by atoms with Crippen molar-refractivity contribution < 1.29 is 14.3 Å². The number of aliphatic imine (C=N–C) groups is 1.